The van der Waals surface area contributed by atoms with Gasteiger partial charge in [0.05, 0.1) is 18.3 Å². The summed E-state index contributed by atoms with van der Waals surface area (Å²) in [5.74, 6) is -9.89. The van der Waals surface area contributed by atoms with Crippen LogP contribution in [0.15, 0.2) is 0 Å². The van der Waals surface area contributed by atoms with Crippen LogP contribution in [0.25, 0.3) is 0 Å². The van der Waals surface area contributed by atoms with E-state index in [1.54, 1.807) is 0 Å². The van der Waals surface area contributed by atoms with Crippen molar-refractivity contribution < 1.29 is 34.5 Å². The van der Waals surface area contributed by atoms with Crippen molar-refractivity contribution in [2.75, 3.05) is 0 Å². The fraction of sp³-hybridized carbons (Fsp3) is 0.333. The maximum absolute atomic E-state index is 10.5. The number of carbonyl (C=O) groups is 4. The van der Waals surface area contributed by atoms with Crippen LogP contribution in [0.4, 0.5) is 0 Å². The molecule has 1 atom stereocenters. The first kappa shape index (κ1) is 16.1. The molecule has 14 heavy (non-hydrogen) atoms. The fourth-order valence-corrected chi connectivity index (χ4v) is 0.600. The van der Waals surface area contributed by atoms with E-state index in [0.29, 0.717) is 0 Å². The molecule has 7 nitrogen and oxygen atoms in total. The summed E-state index contributed by atoms with van der Waals surface area (Å²) in [5, 5.41) is 28.1. The Morgan fingerprint density at radius 3 is 1.79 bits per heavy atom. The van der Waals surface area contributed by atoms with Gasteiger partial charge in [-0.1, -0.05) is 0 Å². The van der Waals surface area contributed by atoms with Crippen LogP contribution in [0.5, 0.6) is 0 Å². The van der Waals surface area contributed by atoms with E-state index in [1.807, 2.05) is 0 Å². The van der Waals surface area contributed by atoms with Crippen LogP contribution in [0.3, 0.4) is 0 Å². The first-order valence-corrected chi connectivity index (χ1v) is 3.04. The van der Waals surface area contributed by atoms with Gasteiger partial charge in [0, 0.05) is 0 Å². The summed E-state index contributed by atoms with van der Waals surface area (Å²) in [7, 11) is 0. The molecule has 0 aromatic rings. The van der Waals surface area contributed by atoms with Crippen LogP contribution in [0, 0.1) is 5.92 Å². The van der Waals surface area contributed by atoms with Gasteiger partial charge in [-0.05, 0) is 0 Å². The van der Waals surface area contributed by atoms with Gasteiger partial charge in [-0.15, -0.1) is 0 Å². The zero-order valence-electron chi connectivity index (χ0n) is 6.89. The second-order valence-electron chi connectivity index (χ2n) is 2.12. The van der Waals surface area contributed by atoms with Gasteiger partial charge in [0.1, 0.15) is 5.97 Å². The predicted octanol–water partition coefficient (Wildman–Crippen LogP) is -4.23. The minimum absolute atomic E-state index is 0. The van der Waals surface area contributed by atoms with Crippen LogP contribution in [-0.2, 0) is 19.2 Å². The number of ketones is 1. The molecule has 0 bridgehead atoms. The average molecular weight is 325 g/mol. The third-order valence-electron chi connectivity index (χ3n) is 1.18. The van der Waals surface area contributed by atoms with Crippen molar-refractivity contribution in [3.05, 3.63) is 0 Å². The number of hydrogen-bond donors (Lipinski definition) is 1. The molecule has 0 saturated heterocycles. The van der Waals surface area contributed by atoms with E-state index in [2.05, 4.69) is 0 Å². The Kier molecular flexibility index (Phi) is 8.06. The van der Waals surface area contributed by atoms with Gasteiger partial charge in [0.15, 0.2) is 5.78 Å². The number of carbonyl (C=O) groups excluding carboxylic acids is 3. The molecule has 1 N–H and O–H groups in total. The van der Waals surface area contributed by atoms with Crippen LogP contribution in [-0.4, -0.2) is 77.7 Å². The van der Waals surface area contributed by atoms with E-state index in [1.165, 1.54) is 0 Å². The van der Waals surface area contributed by atoms with Crippen molar-refractivity contribution >= 4 is 72.6 Å². The molecular weight excluding hydrogens is 321 g/mol. The van der Waals surface area contributed by atoms with Crippen molar-refractivity contribution in [3.63, 3.8) is 0 Å². The van der Waals surface area contributed by atoms with Crippen molar-refractivity contribution in [1.29, 1.82) is 0 Å². The molecule has 0 rings (SSSR count). The molecule has 8 heteroatoms. The molecular formula is C6H4BaO7. The quantitative estimate of drug-likeness (QED) is 0.307. The number of carboxylic acid groups (broad SMARTS) is 3. The molecule has 0 aromatic carbocycles. The largest absolute Gasteiger partial charge is 2.00 e. The Morgan fingerprint density at radius 2 is 1.57 bits per heavy atom. The van der Waals surface area contributed by atoms with Crippen molar-refractivity contribution in [3.8, 4) is 0 Å². The van der Waals surface area contributed by atoms with Crippen molar-refractivity contribution in [1.82, 2.24) is 0 Å². The van der Waals surface area contributed by atoms with Gasteiger partial charge in [0.25, 0.3) is 0 Å². The summed E-state index contributed by atoms with van der Waals surface area (Å²) in [6, 6.07) is 0. The van der Waals surface area contributed by atoms with E-state index < -0.39 is 36.0 Å². The van der Waals surface area contributed by atoms with Gasteiger partial charge in [0.2, 0.25) is 0 Å². The van der Waals surface area contributed by atoms with Crippen molar-refractivity contribution in [2.24, 2.45) is 5.92 Å². The zero-order valence-corrected chi connectivity index (χ0v) is 11.3. The van der Waals surface area contributed by atoms with Crippen molar-refractivity contribution in [2.45, 2.75) is 6.42 Å². The number of rotatable bonds is 5. The Hall–Kier alpha value is -0.349. The normalized spacial score (nSPS) is 10.9. The number of aliphatic carboxylic acids is 3. The Bertz CT molecular complexity index is 271. The predicted molar refractivity (Wildman–Crippen MR) is 36.5 cm³/mol. The summed E-state index contributed by atoms with van der Waals surface area (Å²) in [5.41, 5.74) is 0. The zero-order chi connectivity index (χ0) is 10.6. The minimum atomic E-state index is -2.24. The monoisotopic (exact) mass is 326 g/mol. The molecule has 0 amide bonds. The number of hydrogen-bond acceptors (Lipinski definition) is 6. The molecule has 0 aliphatic carbocycles. The molecule has 0 fully saturated rings. The third-order valence-corrected chi connectivity index (χ3v) is 1.18. The summed E-state index contributed by atoms with van der Waals surface area (Å²) in [6.07, 6.45) is -1.13. The van der Waals surface area contributed by atoms with Gasteiger partial charge < -0.3 is 24.9 Å². The summed E-state index contributed by atoms with van der Waals surface area (Å²) >= 11 is 0. The van der Waals surface area contributed by atoms with Crippen LogP contribution < -0.4 is 10.2 Å². The fourth-order valence-electron chi connectivity index (χ4n) is 0.600. The molecule has 0 aliphatic heterocycles. The van der Waals surface area contributed by atoms with Gasteiger partial charge in [-0.3, -0.25) is 9.59 Å². The van der Waals surface area contributed by atoms with E-state index in [-0.39, 0.29) is 48.9 Å². The third kappa shape index (κ3) is 5.40. The first-order valence-electron chi connectivity index (χ1n) is 3.04. The van der Waals surface area contributed by atoms with Crippen LogP contribution >= 0.6 is 0 Å². The van der Waals surface area contributed by atoms with E-state index >= 15 is 0 Å². The van der Waals surface area contributed by atoms with E-state index in [9.17, 15) is 29.4 Å². The molecule has 0 aromatic heterocycles. The maximum atomic E-state index is 10.5. The molecule has 0 heterocycles. The minimum Gasteiger partial charge on any atom is -0.549 e. The van der Waals surface area contributed by atoms with Gasteiger partial charge in [-0.2, -0.15) is 0 Å². The molecule has 0 saturated carbocycles. The Labute approximate surface area is 118 Å². The molecule has 0 spiro atoms. The SMILES string of the molecule is O=C(O)CC(C(=O)[O-])C(=O)C(=O)[O-].[Ba+2]. The topological polar surface area (TPSA) is 135 Å². The first-order chi connectivity index (χ1) is 5.86. The molecule has 1 unspecified atom stereocenters. The Morgan fingerprint density at radius 1 is 1.14 bits per heavy atom. The number of Topliss-reactive ketones (excluding diaryl/α,β-unsaturated/α-hetero) is 1. The summed E-state index contributed by atoms with van der Waals surface area (Å²) < 4.78 is 0. The Balaban J connectivity index is 0. The maximum Gasteiger partial charge on any atom is 2.00 e. The van der Waals surface area contributed by atoms with Gasteiger partial charge >= 0.3 is 54.9 Å². The second-order valence-corrected chi connectivity index (χ2v) is 2.12. The second kappa shape index (κ2) is 7.01. The van der Waals surface area contributed by atoms with Crippen LogP contribution in [0.2, 0.25) is 0 Å². The van der Waals surface area contributed by atoms with Gasteiger partial charge in [-0.25, -0.2) is 0 Å². The summed E-state index contributed by atoms with van der Waals surface area (Å²) in [6.45, 7) is 0. The van der Waals surface area contributed by atoms with Crippen LogP contribution in [0.1, 0.15) is 6.42 Å². The standard InChI is InChI=1S/C6H6O7.Ba/c7-3(8)1-2(5(10)11)4(9)6(12)13;/h2H,1H2,(H,7,8)(H,10,11)(H,12,13);/q;+2/p-2. The molecule has 0 radical (unpaired) electrons. The molecule has 0 aliphatic rings. The smallest absolute Gasteiger partial charge is 0.549 e. The van der Waals surface area contributed by atoms with E-state index in [0.717, 1.165) is 0 Å². The van der Waals surface area contributed by atoms with E-state index in [4.69, 9.17) is 5.11 Å². The number of carboxylic acids is 3. The summed E-state index contributed by atoms with van der Waals surface area (Å²) in [4.78, 5) is 40.4. The molecule has 72 valence electrons. The average Bonchev–Trinajstić information content (AvgIpc) is 1.97.